The number of benzene rings is 1. The highest BCUT2D eigenvalue weighted by molar-refractivity contribution is 5.60. The second kappa shape index (κ2) is 9.85. The van der Waals surface area contributed by atoms with Crippen molar-refractivity contribution in [2.24, 2.45) is 0 Å². The maximum absolute atomic E-state index is 9.50. The number of anilines is 2. The Labute approximate surface area is 198 Å². The van der Waals surface area contributed by atoms with Crippen molar-refractivity contribution in [1.82, 2.24) is 29.9 Å². The molecule has 3 aromatic heterocycles. The molecule has 0 spiro atoms. The minimum absolute atomic E-state index is 0.312. The summed E-state index contributed by atoms with van der Waals surface area (Å²) >= 11 is 0. The van der Waals surface area contributed by atoms with Gasteiger partial charge in [0.25, 0.3) is 0 Å². The van der Waals surface area contributed by atoms with Crippen LogP contribution in [0.15, 0.2) is 54.9 Å². The summed E-state index contributed by atoms with van der Waals surface area (Å²) < 4.78 is 1.59. The fraction of sp³-hybridized carbons (Fsp3) is 0.320. The lowest BCUT2D eigenvalue weighted by molar-refractivity contribution is 0.370. The Hall–Kier alpha value is -4.03. The van der Waals surface area contributed by atoms with Crippen LogP contribution in [0.3, 0.4) is 0 Å². The van der Waals surface area contributed by atoms with Crippen molar-refractivity contribution in [3.05, 3.63) is 66.0 Å². The van der Waals surface area contributed by atoms with Crippen LogP contribution < -0.4 is 16.0 Å². The molecule has 1 aliphatic carbocycles. The predicted octanol–water partition coefficient (Wildman–Crippen LogP) is 3.61. The first-order valence-electron chi connectivity index (χ1n) is 11.6. The molecule has 172 valence electrons. The lowest BCUT2D eigenvalue weighted by Crippen LogP contribution is -2.35. The predicted molar refractivity (Wildman–Crippen MR) is 131 cm³/mol. The minimum Gasteiger partial charge on any atom is -0.351 e. The molecule has 0 amide bonds. The van der Waals surface area contributed by atoms with E-state index in [9.17, 15) is 5.26 Å². The Bertz CT molecular complexity index is 1280. The zero-order valence-corrected chi connectivity index (χ0v) is 19.1. The van der Waals surface area contributed by atoms with E-state index in [1.807, 2.05) is 25.2 Å². The van der Waals surface area contributed by atoms with Crippen molar-refractivity contribution in [2.75, 3.05) is 17.7 Å². The Morgan fingerprint density at radius 2 is 1.82 bits per heavy atom. The first-order valence-corrected chi connectivity index (χ1v) is 11.6. The average molecular weight is 454 g/mol. The van der Waals surface area contributed by atoms with Gasteiger partial charge in [0.15, 0.2) is 5.65 Å². The normalized spacial score (nSPS) is 17.9. The lowest BCUT2D eigenvalue weighted by atomic mass is 9.91. The number of fused-ring (bicyclic) bond motifs is 1. The molecule has 0 aliphatic heterocycles. The molecule has 0 unspecified atom stereocenters. The van der Waals surface area contributed by atoms with Gasteiger partial charge in [-0.3, -0.25) is 4.98 Å². The van der Waals surface area contributed by atoms with Crippen LogP contribution in [0.4, 0.5) is 11.9 Å². The van der Waals surface area contributed by atoms with Crippen molar-refractivity contribution in [2.45, 2.75) is 44.3 Å². The maximum atomic E-state index is 9.50. The summed E-state index contributed by atoms with van der Waals surface area (Å²) in [5.41, 5.74) is 4.03. The lowest BCUT2D eigenvalue weighted by Gasteiger charge is -2.28. The smallest absolute Gasteiger partial charge is 0.229 e. The first kappa shape index (κ1) is 21.8. The van der Waals surface area contributed by atoms with Crippen LogP contribution in [0.2, 0.25) is 0 Å². The van der Waals surface area contributed by atoms with E-state index in [1.165, 1.54) is 6.20 Å². The van der Waals surface area contributed by atoms with E-state index in [1.54, 1.807) is 10.7 Å². The molecular weight excluding hydrogens is 426 g/mol. The summed E-state index contributed by atoms with van der Waals surface area (Å²) in [6, 6.07) is 17.2. The Balaban J connectivity index is 1.34. The van der Waals surface area contributed by atoms with Crippen LogP contribution >= 0.6 is 0 Å². The van der Waals surface area contributed by atoms with Crippen molar-refractivity contribution in [3.63, 3.8) is 0 Å². The third-order valence-electron chi connectivity index (χ3n) is 6.32. The van der Waals surface area contributed by atoms with Gasteiger partial charge < -0.3 is 16.0 Å². The van der Waals surface area contributed by atoms with Gasteiger partial charge in [-0.15, -0.1) is 0 Å². The molecule has 1 aromatic carbocycles. The van der Waals surface area contributed by atoms with Gasteiger partial charge >= 0.3 is 0 Å². The molecule has 4 aromatic rings. The van der Waals surface area contributed by atoms with E-state index in [2.05, 4.69) is 61.4 Å². The highest BCUT2D eigenvalue weighted by Crippen LogP contribution is 2.23. The molecule has 0 atom stereocenters. The van der Waals surface area contributed by atoms with Crippen molar-refractivity contribution in [3.8, 4) is 17.3 Å². The molecule has 0 radical (unpaired) electrons. The van der Waals surface area contributed by atoms with E-state index in [0.29, 0.717) is 41.7 Å². The Kier molecular flexibility index (Phi) is 6.31. The third-order valence-corrected chi connectivity index (χ3v) is 6.32. The van der Waals surface area contributed by atoms with Crippen LogP contribution in [-0.4, -0.2) is 43.7 Å². The van der Waals surface area contributed by atoms with E-state index < -0.39 is 0 Å². The number of nitrogens with zero attached hydrogens (tertiary/aromatic N) is 6. The quantitative estimate of drug-likeness (QED) is 0.389. The number of hydrogen-bond donors (Lipinski definition) is 3. The molecular formula is C25H27N9. The Morgan fingerprint density at radius 1 is 1.03 bits per heavy atom. The van der Waals surface area contributed by atoms with E-state index in [0.717, 1.165) is 42.5 Å². The number of rotatable bonds is 7. The molecule has 0 saturated heterocycles. The van der Waals surface area contributed by atoms with Crippen LogP contribution in [0.25, 0.3) is 16.9 Å². The van der Waals surface area contributed by atoms with Crippen molar-refractivity contribution >= 4 is 17.5 Å². The number of pyridine rings is 1. The molecule has 1 saturated carbocycles. The van der Waals surface area contributed by atoms with Crippen LogP contribution in [0.1, 0.15) is 36.8 Å². The second-order valence-corrected chi connectivity index (χ2v) is 8.52. The highest BCUT2D eigenvalue weighted by Gasteiger charge is 2.21. The van der Waals surface area contributed by atoms with Crippen molar-refractivity contribution in [1.29, 1.82) is 5.26 Å². The van der Waals surface area contributed by atoms with Gasteiger partial charge in [0, 0.05) is 30.4 Å². The van der Waals surface area contributed by atoms with Crippen LogP contribution in [0.5, 0.6) is 0 Å². The van der Waals surface area contributed by atoms with Gasteiger partial charge in [-0.05, 0) is 50.4 Å². The maximum Gasteiger partial charge on any atom is 0.229 e. The van der Waals surface area contributed by atoms with Gasteiger partial charge in [0.1, 0.15) is 11.6 Å². The SMILES string of the molecule is CNC1CCC(Nc2nc(NCc3ccc(-c4ccccn4)cc3)n3ncc(C#N)c3n2)CC1. The number of hydrogen-bond acceptors (Lipinski definition) is 8. The number of nitriles is 1. The number of aromatic nitrogens is 5. The molecule has 9 nitrogen and oxygen atoms in total. The summed E-state index contributed by atoms with van der Waals surface area (Å²) in [6.45, 7) is 0.559. The molecule has 9 heteroatoms. The van der Waals surface area contributed by atoms with Gasteiger partial charge in [-0.1, -0.05) is 30.3 Å². The zero-order valence-electron chi connectivity index (χ0n) is 19.1. The van der Waals surface area contributed by atoms with E-state index >= 15 is 0 Å². The minimum atomic E-state index is 0.312. The van der Waals surface area contributed by atoms with Crippen LogP contribution in [0, 0.1) is 11.3 Å². The van der Waals surface area contributed by atoms with Gasteiger partial charge in [0.2, 0.25) is 11.9 Å². The third kappa shape index (κ3) is 4.67. The topological polar surface area (TPSA) is 116 Å². The van der Waals surface area contributed by atoms with E-state index in [4.69, 9.17) is 4.98 Å². The molecule has 34 heavy (non-hydrogen) atoms. The van der Waals surface area contributed by atoms with Gasteiger partial charge in [-0.2, -0.15) is 24.8 Å². The van der Waals surface area contributed by atoms with E-state index in [-0.39, 0.29) is 0 Å². The summed E-state index contributed by atoms with van der Waals surface area (Å²) in [6.07, 6.45) is 7.66. The van der Waals surface area contributed by atoms with Gasteiger partial charge in [0.05, 0.1) is 11.9 Å². The fourth-order valence-corrected chi connectivity index (χ4v) is 4.35. The summed E-state index contributed by atoms with van der Waals surface area (Å²) in [7, 11) is 2.02. The van der Waals surface area contributed by atoms with Gasteiger partial charge in [-0.25, -0.2) is 0 Å². The van der Waals surface area contributed by atoms with Crippen molar-refractivity contribution < 1.29 is 0 Å². The summed E-state index contributed by atoms with van der Waals surface area (Å²) in [5.74, 6) is 1.07. The fourth-order valence-electron chi connectivity index (χ4n) is 4.35. The average Bonchev–Trinajstić information content (AvgIpc) is 3.32. The monoisotopic (exact) mass is 453 g/mol. The van der Waals surface area contributed by atoms with Crippen LogP contribution in [-0.2, 0) is 6.54 Å². The molecule has 0 bridgehead atoms. The standard InChI is InChI=1S/C25H27N9/c1-27-20-9-11-21(12-10-20)31-24-32-23-19(14-26)16-30-34(23)25(33-24)29-15-17-5-7-18(8-6-17)22-4-2-3-13-28-22/h2-8,13,16,20-21,27H,9-12,15H2,1H3,(H2,29,31,32,33). The molecule has 1 fully saturated rings. The first-order chi connectivity index (χ1) is 16.7. The zero-order chi connectivity index (χ0) is 23.3. The second-order valence-electron chi connectivity index (χ2n) is 8.52. The molecule has 5 rings (SSSR count). The molecule has 3 heterocycles. The number of nitrogens with one attached hydrogen (secondary N) is 3. The summed E-state index contributed by atoms with van der Waals surface area (Å²) in [5, 5.41) is 24.0. The summed E-state index contributed by atoms with van der Waals surface area (Å²) in [4.78, 5) is 13.7. The highest BCUT2D eigenvalue weighted by atomic mass is 15.4. The molecule has 1 aliphatic rings. The largest absolute Gasteiger partial charge is 0.351 e. The molecule has 3 N–H and O–H groups in total. The Morgan fingerprint density at radius 3 is 2.53 bits per heavy atom.